The van der Waals surface area contributed by atoms with Crippen molar-refractivity contribution in [3.05, 3.63) is 39.4 Å². The van der Waals surface area contributed by atoms with Crippen LogP contribution in [0.4, 0.5) is 5.69 Å². The number of nitrogens with two attached hydrogens (primary N) is 1. The van der Waals surface area contributed by atoms with E-state index in [1.807, 2.05) is 0 Å². The molecule has 164 valence electrons. The lowest BCUT2D eigenvalue weighted by Crippen LogP contribution is -2.04. The molecule has 1 aromatic rings. The van der Waals surface area contributed by atoms with Gasteiger partial charge in [-0.2, -0.15) is 0 Å². The summed E-state index contributed by atoms with van der Waals surface area (Å²) in [6, 6.07) is 4.70. The number of carbonyl (C=O) groups is 3. The topological polar surface area (TPSA) is 130 Å². The normalized spacial score (nSPS) is 9.45. The Balaban J connectivity index is 0. The minimum Gasteiger partial charge on any atom is -0.469 e. The molecule has 29 heavy (non-hydrogen) atoms. The van der Waals surface area contributed by atoms with E-state index < -0.39 is 4.92 Å². The number of methoxy groups -OCH3 is 1. The van der Waals surface area contributed by atoms with Crippen molar-refractivity contribution in [1.82, 2.24) is 0 Å². The van der Waals surface area contributed by atoms with Crippen LogP contribution in [0.15, 0.2) is 18.2 Å². The zero-order chi connectivity index (χ0) is 22.8. The van der Waals surface area contributed by atoms with E-state index in [2.05, 4.69) is 31.2 Å². The molecule has 0 unspecified atom stereocenters. The number of nitrogens with zero attached hydrogens (tertiary/aromatic N) is 1. The number of amides is 1. The summed E-state index contributed by atoms with van der Waals surface area (Å²) in [5, 5.41) is 10.9. The summed E-state index contributed by atoms with van der Waals surface area (Å²) >= 11 is 0. The Labute approximate surface area is 173 Å². The Morgan fingerprint density at radius 2 is 1.86 bits per heavy atom. The monoisotopic (exact) mass is 410 g/mol. The van der Waals surface area contributed by atoms with E-state index >= 15 is 0 Å². The van der Waals surface area contributed by atoms with Crippen molar-refractivity contribution in [2.75, 3.05) is 7.11 Å². The van der Waals surface area contributed by atoms with Crippen LogP contribution in [0, 0.1) is 16.0 Å². The molecule has 1 aromatic carbocycles. The summed E-state index contributed by atoms with van der Waals surface area (Å²) in [7, 11) is 1.42. The van der Waals surface area contributed by atoms with Gasteiger partial charge in [-0.25, -0.2) is 0 Å². The molecule has 0 heterocycles. The summed E-state index contributed by atoms with van der Waals surface area (Å²) in [5.74, 6) is 0.369. The van der Waals surface area contributed by atoms with Crippen molar-refractivity contribution < 1.29 is 24.0 Å². The van der Waals surface area contributed by atoms with Crippen LogP contribution in [0.2, 0.25) is 0 Å². The third-order valence-corrected chi connectivity index (χ3v) is 3.91. The predicted molar refractivity (Wildman–Crippen MR) is 113 cm³/mol. The van der Waals surface area contributed by atoms with E-state index in [9.17, 15) is 19.7 Å². The van der Waals surface area contributed by atoms with Crippen molar-refractivity contribution >= 4 is 23.9 Å². The van der Waals surface area contributed by atoms with Gasteiger partial charge in [-0.05, 0) is 32.1 Å². The first-order valence-electron chi connectivity index (χ1n) is 9.65. The van der Waals surface area contributed by atoms with Gasteiger partial charge in [0, 0.05) is 23.6 Å². The van der Waals surface area contributed by atoms with Crippen LogP contribution < -0.4 is 5.73 Å². The Morgan fingerprint density at radius 1 is 1.28 bits per heavy atom. The molecule has 0 spiro atoms. The van der Waals surface area contributed by atoms with Crippen molar-refractivity contribution in [1.29, 1.82) is 0 Å². The molecule has 0 aromatic heterocycles. The van der Waals surface area contributed by atoms with Gasteiger partial charge < -0.3 is 10.5 Å². The first-order valence-corrected chi connectivity index (χ1v) is 9.65. The zero-order valence-electron chi connectivity index (χ0n) is 18.1. The highest BCUT2D eigenvalue weighted by Gasteiger charge is 2.18. The number of rotatable bonds is 9. The molecule has 0 aliphatic heterocycles. The highest BCUT2D eigenvalue weighted by atomic mass is 16.6. The average Bonchev–Trinajstić information content (AvgIpc) is 2.67. The fourth-order valence-electron chi connectivity index (χ4n) is 2.40. The van der Waals surface area contributed by atoms with Gasteiger partial charge in [0.1, 0.15) is 0 Å². The number of carbonyl (C=O) groups excluding carboxylic acids is 3. The summed E-state index contributed by atoms with van der Waals surface area (Å²) < 4.78 is 4.46. The van der Waals surface area contributed by atoms with E-state index in [0.717, 1.165) is 25.7 Å². The van der Waals surface area contributed by atoms with Gasteiger partial charge in [0.15, 0.2) is 5.78 Å². The molecule has 8 heteroatoms. The van der Waals surface area contributed by atoms with Crippen LogP contribution in [0.3, 0.4) is 0 Å². The fraction of sp³-hybridized carbons (Fsp3) is 0.571. The van der Waals surface area contributed by atoms with Crippen LogP contribution >= 0.6 is 0 Å². The standard InChI is InChI=1S/C13H17NO3.C7H14O2.CH3NO/c1-3-4-5-7-12-11(10(2)15)8-6-9-13(12)14(16)17;1-6(2)4-5-7(8)9-3;2-1-3/h6,8-9H,3-5,7H2,1-2H3;6H,4-5H2,1-3H3;1H,(H2,2,3). The molecule has 0 radical (unpaired) electrons. The van der Waals surface area contributed by atoms with Crippen molar-refractivity contribution in [3.8, 4) is 0 Å². The number of Topliss-reactive ketones (excluding diaryl/α,β-unsaturated/α-hetero) is 1. The highest BCUT2D eigenvalue weighted by molar-refractivity contribution is 5.96. The van der Waals surface area contributed by atoms with E-state index in [-0.39, 0.29) is 23.9 Å². The molecule has 0 aliphatic rings. The second-order valence-corrected chi connectivity index (χ2v) is 6.72. The van der Waals surface area contributed by atoms with Gasteiger partial charge in [-0.1, -0.05) is 45.7 Å². The molecule has 0 atom stereocenters. The van der Waals surface area contributed by atoms with Crippen molar-refractivity contribution in [2.24, 2.45) is 11.7 Å². The third kappa shape index (κ3) is 14.0. The zero-order valence-corrected chi connectivity index (χ0v) is 18.1. The summed E-state index contributed by atoms with van der Waals surface area (Å²) in [5.41, 5.74) is 5.29. The molecule has 0 saturated heterocycles. The molecule has 0 saturated carbocycles. The van der Waals surface area contributed by atoms with Gasteiger partial charge in [-0.3, -0.25) is 24.5 Å². The number of ketones is 1. The van der Waals surface area contributed by atoms with Crippen LogP contribution in [0.5, 0.6) is 0 Å². The Hall–Kier alpha value is -2.77. The van der Waals surface area contributed by atoms with Crippen LogP contribution in [0.1, 0.15) is 75.7 Å². The Bertz CT molecular complexity index is 612. The Kier molecular flexibility index (Phi) is 17.0. The second-order valence-electron chi connectivity index (χ2n) is 6.72. The van der Waals surface area contributed by atoms with Gasteiger partial charge in [0.25, 0.3) is 5.69 Å². The molecule has 0 fully saturated rings. The van der Waals surface area contributed by atoms with E-state index in [0.29, 0.717) is 29.9 Å². The van der Waals surface area contributed by atoms with Crippen molar-refractivity contribution in [2.45, 2.75) is 66.2 Å². The SMILES string of the molecule is CCCCCc1c(C(C)=O)cccc1[N+](=O)[O-].COC(=O)CCC(C)C.NC=O. The van der Waals surface area contributed by atoms with Crippen LogP contribution in [-0.4, -0.2) is 30.2 Å². The Morgan fingerprint density at radius 3 is 2.28 bits per heavy atom. The minimum absolute atomic E-state index is 0.0637. The van der Waals surface area contributed by atoms with Crippen molar-refractivity contribution in [3.63, 3.8) is 0 Å². The maximum absolute atomic E-state index is 11.5. The number of esters is 1. The number of hydrogen-bond acceptors (Lipinski definition) is 6. The predicted octanol–water partition coefficient (Wildman–Crippen LogP) is 4.23. The fourth-order valence-corrected chi connectivity index (χ4v) is 2.40. The number of nitro benzene ring substituents is 1. The van der Waals surface area contributed by atoms with Crippen LogP contribution in [-0.2, 0) is 20.7 Å². The molecular formula is C21H34N2O6. The van der Waals surface area contributed by atoms with Crippen LogP contribution in [0.25, 0.3) is 0 Å². The largest absolute Gasteiger partial charge is 0.469 e. The molecule has 1 rings (SSSR count). The number of ether oxygens (including phenoxy) is 1. The number of unbranched alkanes of at least 4 members (excludes halogenated alkanes) is 2. The third-order valence-electron chi connectivity index (χ3n) is 3.91. The number of hydrogen-bond donors (Lipinski definition) is 1. The maximum atomic E-state index is 11.5. The molecular weight excluding hydrogens is 376 g/mol. The van der Waals surface area contributed by atoms with Gasteiger partial charge in [0.2, 0.25) is 6.41 Å². The van der Waals surface area contributed by atoms with E-state index in [1.54, 1.807) is 12.1 Å². The first-order chi connectivity index (χ1) is 13.7. The van der Waals surface area contributed by atoms with Gasteiger partial charge in [-0.15, -0.1) is 0 Å². The maximum Gasteiger partial charge on any atom is 0.305 e. The number of benzene rings is 1. The lowest BCUT2D eigenvalue weighted by molar-refractivity contribution is -0.385. The summed E-state index contributed by atoms with van der Waals surface area (Å²) in [6.45, 7) is 7.69. The highest BCUT2D eigenvalue weighted by Crippen LogP contribution is 2.24. The average molecular weight is 411 g/mol. The first kappa shape index (κ1) is 28.4. The minimum atomic E-state index is -0.409. The lowest BCUT2D eigenvalue weighted by Gasteiger charge is -2.07. The second kappa shape index (κ2) is 17.3. The van der Waals surface area contributed by atoms with Gasteiger partial charge in [0.05, 0.1) is 12.0 Å². The molecule has 0 bridgehead atoms. The lowest BCUT2D eigenvalue weighted by atomic mass is 9.97. The summed E-state index contributed by atoms with van der Waals surface area (Å²) in [4.78, 5) is 41.0. The molecule has 0 aliphatic carbocycles. The van der Waals surface area contributed by atoms with E-state index in [1.165, 1.54) is 20.1 Å². The number of primary amides is 1. The quantitative estimate of drug-likeness (QED) is 0.162. The molecule has 1 amide bonds. The molecule has 8 nitrogen and oxygen atoms in total. The number of nitro groups is 1. The smallest absolute Gasteiger partial charge is 0.305 e. The van der Waals surface area contributed by atoms with Gasteiger partial charge >= 0.3 is 5.97 Å². The molecule has 2 N–H and O–H groups in total. The van der Waals surface area contributed by atoms with E-state index in [4.69, 9.17) is 4.79 Å². The summed E-state index contributed by atoms with van der Waals surface area (Å²) in [6.07, 6.45) is 5.27.